The van der Waals surface area contributed by atoms with Crippen LogP contribution in [0.1, 0.15) is 23.4 Å². The Morgan fingerprint density at radius 1 is 1.00 bits per heavy atom. The maximum Gasteiger partial charge on any atom is 0.248 e. The van der Waals surface area contributed by atoms with Crippen LogP contribution in [0.4, 0.5) is 5.69 Å². The number of hydrogen-bond donors (Lipinski definition) is 1. The summed E-state index contributed by atoms with van der Waals surface area (Å²) in [4.78, 5) is 12.4. The van der Waals surface area contributed by atoms with Gasteiger partial charge in [0.25, 0.3) is 0 Å². The minimum atomic E-state index is -0.0733. The van der Waals surface area contributed by atoms with Crippen LogP contribution < -0.4 is 5.32 Å². The van der Waals surface area contributed by atoms with Crippen LogP contribution in [-0.2, 0) is 17.6 Å². The second kappa shape index (κ2) is 8.63. The van der Waals surface area contributed by atoms with E-state index in [4.69, 9.17) is 4.42 Å². The van der Waals surface area contributed by atoms with E-state index in [0.717, 1.165) is 23.2 Å². The van der Waals surface area contributed by atoms with Crippen molar-refractivity contribution in [2.75, 3.05) is 5.32 Å². The minimum absolute atomic E-state index is 0.0733. The molecule has 28 heavy (non-hydrogen) atoms. The number of rotatable bonds is 7. The Kier molecular flexibility index (Phi) is 5.58. The Hall–Kier alpha value is -3.25. The maximum atomic E-state index is 12.4. The van der Waals surface area contributed by atoms with E-state index in [1.165, 1.54) is 5.56 Å². The molecule has 0 aliphatic heterocycles. The molecule has 0 bridgehead atoms. The van der Waals surface area contributed by atoms with Gasteiger partial charge in [-0.1, -0.05) is 48.5 Å². The lowest BCUT2D eigenvalue weighted by molar-refractivity contribution is -0.116. The van der Waals surface area contributed by atoms with Gasteiger partial charge in [-0.25, -0.2) is 0 Å². The topological polar surface area (TPSA) is 68.0 Å². The molecule has 140 valence electrons. The highest BCUT2D eigenvalue weighted by Gasteiger charge is 2.12. The standard InChI is InChI=1S/C22H19N3O2S/c26-20(10-11-21-24-25-22(27-21)18-12-13-28-15-18)23-19-9-5-4-8-17(19)14-16-6-2-1-3-7-16/h1-9,12-13,15H,10-11,14H2,(H,23,26). The first-order valence-electron chi connectivity index (χ1n) is 9.04. The molecule has 5 nitrogen and oxygen atoms in total. The van der Waals surface area contributed by atoms with E-state index in [1.54, 1.807) is 11.3 Å². The third kappa shape index (κ3) is 4.53. The number of nitrogens with one attached hydrogen (secondary N) is 1. The van der Waals surface area contributed by atoms with Gasteiger partial charge in [0.15, 0.2) is 0 Å². The lowest BCUT2D eigenvalue weighted by Crippen LogP contribution is -2.14. The van der Waals surface area contributed by atoms with Crippen LogP contribution in [0.3, 0.4) is 0 Å². The molecule has 0 saturated heterocycles. The van der Waals surface area contributed by atoms with Gasteiger partial charge < -0.3 is 9.73 Å². The Morgan fingerprint density at radius 3 is 2.64 bits per heavy atom. The molecule has 2 aromatic heterocycles. The number of thiophene rings is 1. The van der Waals surface area contributed by atoms with Gasteiger partial charge in [0.2, 0.25) is 17.7 Å². The molecule has 4 aromatic rings. The quantitative estimate of drug-likeness (QED) is 0.485. The summed E-state index contributed by atoms with van der Waals surface area (Å²) in [6.07, 6.45) is 1.46. The highest BCUT2D eigenvalue weighted by molar-refractivity contribution is 7.08. The van der Waals surface area contributed by atoms with Crippen LogP contribution in [0.25, 0.3) is 11.5 Å². The highest BCUT2D eigenvalue weighted by Crippen LogP contribution is 2.22. The molecule has 6 heteroatoms. The van der Waals surface area contributed by atoms with Gasteiger partial charge in [-0.3, -0.25) is 4.79 Å². The molecule has 0 atom stereocenters. The van der Waals surface area contributed by atoms with Gasteiger partial charge in [0.1, 0.15) is 0 Å². The predicted octanol–water partition coefficient (Wildman–Crippen LogP) is 4.96. The van der Waals surface area contributed by atoms with Gasteiger partial charge >= 0.3 is 0 Å². The van der Waals surface area contributed by atoms with Crippen LogP contribution in [-0.4, -0.2) is 16.1 Å². The summed E-state index contributed by atoms with van der Waals surface area (Å²) >= 11 is 1.57. The minimum Gasteiger partial charge on any atom is -0.421 e. The van der Waals surface area contributed by atoms with Crippen LogP contribution >= 0.6 is 11.3 Å². The number of aromatic nitrogens is 2. The smallest absolute Gasteiger partial charge is 0.248 e. The van der Waals surface area contributed by atoms with E-state index in [2.05, 4.69) is 27.6 Å². The average molecular weight is 389 g/mol. The van der Waals surface area contributed by atoms with Crippen LogP contribution in [0, 0.1) is 0 Å². The van der Waals surface area contributed by atoms with Crippen LogP contribution in [0.5, 0.6) is 0 Å². The molecule has 0 radical (unpaired) electrons. The van der Waals surface area contributed by atoms with Crippen molar-refractivity contribution in [2.45, 2.75) is 19.3 Å². The van der Waals surface area contributed by atoms with Crippen LogP contribution in [0.2, 0.25) is 0 Å². The van der Waals surface area contributed by atoms with Gasteiger partial charge in [0, 0.05) is 29.5 Å². The summed E-state index contributed by atoms with van der Waals surface area (Å²) in [5.74, 6) is 0.884. The summed E-state index contributed by atoms with van der Waals surface area (Å²) in [5, 5.41) is 15.0. The molecular formula is C22H19N3O2S. The molecule has 1 N–H and O–H groups in total. The molecule has 1 amide bonds. The van der Waals surface area contributed by atoms with E-state index in [-0.39, 0.29) is 12.3 Å². The molecule has 2 aromatic carbocycles. The fourth-order valence-corrected chi connectivity index (χ4v) is 3.53. The molecule has 0 fully saturated rings. The van der Waals surface area contributed by atoms with E-state index >= 15 is 0 Å². The maximum absolute atomic E-state index is 12.4. The fourth-order valence-electron chi connectivity index (χ4n) is 2.90. The number of carbonyl (C=O) groups is 1. The summed E-state index contributed by atoms with van der Waals surface area (Å²) in [5.41, 5.74) is 4.03. The van der Waals surface area contributed by atoms with Crippen LogP contribution in [0.15, 0.2) is 75.8 Å². The second-order valence-electron chi connectivity index (χ2n) is 6.38. The highest BCUT2D eigenvalue weighted by atomic mass is 32.1. The fraction of sp³-hybridized carbons (Fsp3) is 0.136. The Labute approximate surface area is 167 Å². The number of nitrogens with zero attached hydrogens (tertiary/aromatic N) is 2. The zero-order valence-corrected chi connectivity index (χ0v) is 16.0. The van der Waals surface area contributed by atoms with Crippen molar-refractivity contribution in [1.82, 2.24) is 10.2 Å². The first-order chi connectivity index (χ1) is 13.8. The summed E-state index contributed by atoms with van der Waals surface area (Å²) in [6, 6.07) is 20.0. The molecular weight excluding hydrogens is 370 g/mol. The third-order valence-electron chi connectivity index (χ3n) is 4.33. The zero-order chi connectivity index (χ0) is 19.2. The lowest BCUT2D eigenvalue weighted by atomic mass is 10.0. The monoisotopic (exact) mass is 389 g/mol. The van der Waals surface area contributed by atoms with Gasteiger partial charge in [-0.2, -0.15) is 11.3 Å². The molecule has 2 heterocycles. The summed E-state index contributed by atoms with van der Waals surface area (Å²) in [7, 11) is 0. The number of carbonyl (C=O) groups excluding carboxylic acids is 1. The number of amides is 1. The molecule has 0 unspecified atom stereocenters. The first kappa shape index (κ1) is 18.1. The lowest BCUT2D eigenvalue weighted by Gasteiger charge is -2.11. The van der Waals surface area contributed by atoms with E-state index in [1.807, 2.05) is 59.3 Å². The van der Waals surface area contributed by atoms with E-state index < -0.39 is 0 Å². The van der Waals surface area contributed by atoms with Crippen molar-refractivity contribution in [2.24, 2.45) is 0 Å². The Bertz CT molecular complexity index is 1040. The van der Waals surface area contributed by atoms with E-state index in [0.29, 0.717) is 18.2 Å². The molecule has 4 rings (SSSR count). The van der Waals surface area contributed by atoms with Crippen molar-refractivity contribution in [1.29, 1.82) is 0 Å². The predicted molar refractivity (Wildman–Crippen MR) is 110 cm³/mol. The van der Waals surface area contributed by atoms with Crippen molar-refractivity contribution in [3.63, 3.8) is 0 Å². The van der Waals surface area contributed by atoms with Crippen molar-refractivity contribution in [3.8, 4) is 11.5 Å². The number of para-hydroxylation sites is 1. The second-order valence-corrected chi connectivity index (χ2v) is 7.16. The largest absolute Gasteiger partial charge is 0.421 e. The van der Waals surface area contributed by atoms with Gasteiger partial charge in [-0.15, -0.1) is 10.2 Å². The molecule has 0 aliphatic carbocycles. The van der Waals surface area contributed by atoms with Crippen molar-refractivity contribution >= 4 is 22.9 Å². The SMILES string of the molecule is O=C(CCc1nnc(-c2ccsc2)o1)Nc1ccccc1Cc1ccccc1. The number of aryl methyl sites for hydroxylation is 1. The third-order valence-corrected chi connectivity index (χ3v) is 5.01. The molecule has 0 aliphatic rings. The number of benzene rings is 2. The normalized spacial score (nSPS) is 10.7. The molecule has 0 saturated carbocycles. The Morgan fingerprint density at radius 2 is 1.82 bits per heavy atom. The van der Waals surface area contributed by atoms with Gasteiger partial charge in [0.05, 0.1) is 0 Å². The van der Waals surface area contributed by atoms with E-state index in [9.17, 15) is 4.79 Å². The Balaban J connectivity index is 1.36. The molecule has 0 spiro atoms. The van der Waals surface area contributed by atoms with Gasteiger partial charge in [-0.05, 0) is 35.1 Å². The first-order valence-corrected chi connectivity index (χ1v) is 9.99. The van der Waals surface area contributed by atoms with Crippen molar-refractivity contribution < 1.29 is 9.21 Å². The van der Waals surface area contributed by atoms with Crippen molar-refractivity contribution in [3.05, 3.63) is 88.4 Å². The number of anilines is 1. The zero-order valence-electron chi connectivity index (χ0n) is 15.2. The number of hydrogen-bond acceptors (Lipinski definition) is 5. The summed E-state index contributed by atoms with van der Waals surface area (Å²) < 4.78 is 5.64. The summed E-state index contributed by atoms with van der Waals surface area (Å²) in [6.45, 7) is 0. The average Bonchev–Trinajstić information content (AvgIpc) is 3.40.